The largest absolute Gasteiger partial charge is 0.380 e. The normalized spacial score (nSPS) is 12.6. The summed E-state index contributed by atoms with van der Waals surface area (Å²) in [5, 5.41) is 3.38. The predicted octanol–water partition coefficient (Wildman–Crippen LogP) is 2.98. The molecule has 0 fully saturated rings. The van der Waals surface area contributed by atoms with E-state index in [0.29, 0.717) is 23.5 Å². The maximum Gasteiger partial charge on any atom is 0.261 e. The summed E-state index contributed by atoms with van der Waals surface area (Å²) in [5.74, 6) is 0.416. The summed E-state index contributed by atoms with van der Waals surface area (Å²) in [7, 11) is -3.40. The van der Waals surface area contributed by atoms with Gasteiger partial charge in [0.25, 0.3) is 5.56 Å². The molecule has 5 rings (SSSR count). The van der Waals surface area contributed by atoms with Crippen LogP contribution in [0.1, 0.15) is 11.1 Å². The maximum atomic E-state index is 13.0. The van der Waals surface area contributed by atoms with E-state index in [1.807, 2.05) is 60.2 Å². The molecule has 0 spiro atoms. The second-order valence-electron chi connectivity index (χ2n) is 8.96. The number of aryl methyl sites for hydroxylation is 1. The Morgan fingerprint density at radius 2 is 1.95 bits per heavy atom. The van der Waals surface area contributed by atoms with Gasteiger partial charge in [-0.05, 0) is 42.7 Å². The van der Waals surface area contributed by atoms with E-state index < -0.39 is 10.0 Å². The molecule has 1 atom stereocenters. The van der Waals surface area contributed by atoms with Crippen molar-refractivity contribution >= 4 is 26.7 Å². The fourth-order valence-corrected chi connectivity index (χ4v) is 4.83. The number of anilines is 1. The van der Waals surface area contributed by atoms with Crippen molar-refractivity contribution in [2.24, 2.45) is 0 Å². The zero-order chi connectivity index (χ0) is 26.0. The van der Waals surface area contributed by atoms with Crippen molar-refractivity contribution in [3.63, 3.8) is 0 Å². The molecule has 0 aliphatic rings. The number of H-pyrrole nitrogens is 2. The average Bonchev–Trinajstić information content (AvgIpc) is 3.53. The van der Waals surface area contributed by atoms with Gasteiger partial charge in [0.1, 0.15) is 11.4 Å². The number of fused-ring (bicyclic) bond motifs is 1. The quantitative estimate of drug-likeness (QED) is 0.237. The number of sulfonamides is 1. The molecule has 5 aromatic rings. The topological polar surface area (TPSA) is 138 Å². The number of nitrogens with zero attached hydrogens (tertiary/aromatic N) is 3. The van der Waals surface area contributed by atoms with E-state index in [1.165, 1.54) is 0 Å². The lowest BCUT2D eigenvalue weighted by Gasteiger charge is -2.21. The van der Waals surface area contributed by atoms with Gasteiger partial charge in [-0.3, -0.25) is 4.79 Å². The molecule has 0 saturated carbocycles. The van der Waals surface area contributed by atoms with Gasteiger partial charge < -0.3 is 19.9 Å². The minimum atomic E-state index is -3.40. The summed E-state index contributed by atoms with van der Waals surface area (Å²) >= 11 is 0. The summed E-state index contributed by atoms with van der Waals surface area (Å²) in [6.45, 7) is 2.11. The fourth-order valence-electron chi connectivity index (χ4n) is 4.33. The van der Waals surface area contributed by atoms with Gasteiger partial charge in [-0.1, -0.05) is 30.3 Å². The summed E-state index contributed by atoms with van der Waals surface area (Å²) in [6, 6.07) is 15.2. The van der Waals surface area contributed by atoms with Gasteiger partial charge in [0.15, 0.2) is 0 Å². The Morgan fingerprint density at radius 3 is 2.68 bits per heavy atom. The van der Waals surface area contributed by atoms with E-state index in [9.17, 15) is 13.2 Å². The Balaban J connectivity index is 1.53. The number of pyridine rings is 1. The molecule has 3 heterocycles. The zero-order valence-electron chi connectivity index (χ0n) is 20.4. The van der Waals surface area contributed by atoms with Crippen LogP contribution in [0.5, 0.6) is 0 Å². The third kappa shape index (κ3) is 5.63. The minimum Gasteiger partial charge on any atom is -0.380 e. The van der Waals surface area contributed by atoms with Gasteiger partial charge in [-0.15, -0.1) is 0 Å². The third-order valence-corrected chi connectivity index (χ3v) is 6.73. The Labute approximate surface area is 213 Å². The van der Waals surface area contributed by atoms with Crippen LogP contribution >= 0.6 is 0 Å². The standard InChI is InChI=1S/C26H27N7O3S/c1-17-12-20(33-11-10-27-16-33)14-22-24(17)32-25(31-22)23-21(8-9-28-26(23)34)30-19(15-29-37(2,35)36)13-18-6-4-3-5-7-18/h3-12,14,16,19,29H,13,15H2,1-2H3,(H,31,32)(H2,28,30,34)/t19-/m0/s1. The van der Waals surface area contributed by atoms with Crippen molar-refractivity contribution in [2.45, 2.75) is 19.4 Å². The van der Waals surface area contributed by atoms with Crippen molar-refractivity contribution in [1.29, 1.82) is 0 Å². The van der Waals surface area contributed by atoms with Crippen molar-refractivity contribution in [2.75, 3.05) is 18.1 Å². The van der Waals surface area contributed by atoms with Crippen LogP contribution in [0.4, 0.5) is 5.69 Å². The molecule has 10 nitrogen and oxygen atoms in total. The van der Waals surface area contributed by atoms with Crippen molar-refractivity contribution in [1.82, 2.24) is 29.2 Å². The van der Waals surface area contributed by atoms with Crippen LogP contribution in [0.2, 0.25) is 0 Å². The van der Waals surface area contributed by atoms with E-state index in [4.69, 9.17) is 4.98 Å². The number of hydrogen-bond acceptors (Lipinski definition) is 6. The first-order valence-corrected chi connectivity index (χ1v) is 13.6. The molecule has 4 N–H and O–H groups in total. The number of nitrogens with one attached hydrogen (secondary N) is 4. The molecule has 0 aliphatic heterocycles. The zero-order valence-corrected chi connectivity index (χ0v) is 21.2. The fraction of sp³-hybridized carbons (Fsp3) is 0.192. The number of benzene rings is 2. The molecular formula is C26H27N7O3S. The van der Waals surface area contributed by atoms with Crippen LogP contribution in [0.15, 0.2) is 78.2 Å². The number of imidazole rings is 2. The summed E-state index contributed by atoms with van der Waals surface area (Å²) in [4.78, 5) is 27.9. The van der Waals surface area contributed by atoms with E-state index in [0.717, 1.165) is 34.1 Å². The summed E-state index contributed by atoms with van der Waals surface area (Å²) in [5.41, 5.74) is 5.03. The van der Waals surface area contributed by atoms with Crippen LogP contribution < -0.4 is 15.6 Å². The molecule has 0 unspecified atom stereocenters. The smallest absolute Gasteiger partial charge is 0.261 e. The number of rotatable bonds is 9. The second-order valence-corrected chi connectivity index (χ2v) is 10.8. The number of aromatic amines is 2. The van der Waals surface area contributed by atoms with Crippen molar-refractivity contribution in [3.05, 3.63) is 94.9 Å². The highest BCUT2D eigenvalue weighted by molar-refractivity contribution is 7.88. The SMILES string of the molecule is Cc1cc(-n2ccnc2)cc2[nH]c(-c3c(N[C@H](CNS(C)(=O)=O)Cc4ccccc4)cc[nH]c3=O)nc12. The third-order valence-electron chi connectivity index (χ3n) is 6.04. The van der Waals surface area contributed by atoms with Crippen molar-refractivity contribution in [3.8, 4) is 17.1 Å². The van der Waals surface area contributed by atoms with Gasteiger partial charge in [-0.2, -0.15) is 0 Å². The molecule has 3 aromatic heterocycles. The first-order chi connectivity index (χ1) is 17.8. The van der Waals surface area contributed by atoms with Crippen LogP contribution in [-0.4, -0.2) is 51.8 Å². The second kappa shape index (κ2) is 10.0. The van der Waals surface area contributed by atoms with Gasteiger partial charge in [0, 0.05) is 36.9 Å². The Hall–Kier alpha value is -4.22. The average molecular weight is 518 g/mol. The molecular weight excluding hydrogens is 490 g/mol. The lowest BCUT2D eigenvalue weighted by atomic mass is 10.1. The number of hydrogen-bond donors (Lipinski definition) is 4. The van der Waals surface area contributed by atoms with E-state index in [2.05, 4.69) is 25.0 Å². The molecule has 0 radical (unpaired) electrons. The summed E-state index contributed by atoms with van der Waals surface area (Å²) < 4.78 is 28.1. The maximum absolute atomic E-state index is 13.0. The Morgan fingerprint density at radius 1 is 1.14 bits per heavy atom. The lowest BCUT2D eigenvalue weighted by molar-refractivity contribution is 0.578. The minimum absolute atomic E-state index is 0.146. The predicted molar refractivity (Wildman–Crippen MR) is 144 cm³/mol. The van der Waals surface area contributed by atoms with Crippen LogP contribution in [0, 0.1) is 6.92 Å². The molecule has 0 amide bonds. The summed E-state index contributed by atoms with van der Waals surface area (Å²) in [6.07, 6.45) is 8.52. The van der Waals surface area contributed by atoms with Crippen LogP contribution in [0.3, 0.4) is 0 Å². The van der Waals surface area contributed by atoms with E-state index >= 15 is 0 Å². The monoisotopic (exact) mass is 517 g/mol. The van der Waals surface area contributed by atoms with Crippen LogP contribution in [-0.2, 0) is 16.4 Å². The van der Waals surface area contributed by atoms with Crippen LogP contribution in [0.25, 0.3) is 28.1 Å². The van der Waals surface area contributed by atoms with Gasteiger partial charge >= 0.3 is 0 Å². The molecule has 11 heteroatoms. The van der Waals surface area contributed by atoms with Crippen molar-refractivity contribution < 1.29 is 8.42 Å². The van der Waals surface area contributed by atoms with Gasteiger partial charge in [-0.25, -0.2) is 23.1 Å². The molecule has 190 valence electrons. The molecule has 2 aromatic carbocycles. The van der Waals surface area contributed by atoms with E-state index in [-0.39, 0.29) is 18.1 Å². The highest BCUT2D eigenvalue weighted by Gasteiger charge is 2.19. The van der Waals surface area contributed by atoms with Gasteiger partial charge in [0.05, 0.1) is 29.3 Å². The highest BCUT2D eigenvalue weighted by Crippen LogP contribution is 2.28. The Kier molecular flexibility index (Phi) is 6.64. The number of aromatic nitrogens is 5. The first kappa shape index (κ1) is 24.5. The van der Waals surface area contributed by atoms with E-state index in [1.54, 1.807) is 24.8 Å². The molecule has 0 saturated heterocycles. The molecule has 37 heavy (non-hydrogen) atoms. The lowest BCUT2D eigenvalue weighted by Crippen LogP contribution is -2.37. The van der Waals surface area contributed by atoms with Gasteiger partial charge in [0.2, 0.25) is 10.0 Å². The first-order valence-electron chi connectivity index (χ1n) is 11.7. The molecule has 0 aliphatic carbocycles. The Bertz CT molecular complexity index is 1690. The molecule has 0 bridgehead atoms. The highest BCUT2D eigenvalue weighted by atomic mass is 32.2.